The summed E-state index contributed by atoms with van der Waals surface area (Å²) < 4.78 is 16.1. The minimum absolute atomic E-state index is 0.304. The zero-order valence-corrected chi connectivity index (χ0v) is 21.4. The number of fused-ring (bicyclic) bond motifs is 1. The molecule has 0 fully saturated rings. The standard InChI is InChI=1S/C15H15N3O3.C11H22N2O2/c1-20-13-8-9(4-6-17-13)10-2-3-12-11(5-7-21-12)14(10)18-15(16)19;1-4-9(2)6-5-7-15-10(3)11(8-12)13-14/h2-4,6,8H,5,7H2,1H3,(H3,16,18,19);8-9,12-14H,4-7H2,1-3H3/b;11-10-,12-8?. The topological polar surface area (TPSA) is 152 Å². The minimum atomic E-state index is -0.599. The van der Waals surface area contributed by atoms with Crippen LogP contribution in [0.25, 0.3) is 11.1 Å². The molecule has 0 bridgehead atoms. The first-order valence-electron chi connectivity index (χ1n) is 11.9. The number of rotatable bonds is 11. The Hall–Kier alpha value is -3.79. The maximum atomic E-state index is 11.3. The number of pyridine rings is 1. The molecule has 196 valence electrons. The average Bonchev–Trinajstić information content (AvgIpc) is 3.37. The monoisotopic (exact) mass is 499 g/mol. The summed E-state index contributed by atoms with van der Waals surface area (Å²) in [5, 5.41) is 18.3. The lowest BCUT2D eigenvalue weighted by molar-refractivity contribution is 0.171. The number of hydrogen-bond donors (Lipinski definition) is 5. The predicted molar refractivity (Wildman–Crippen MR) is 140 cm³/mol. The van der Waals surface area contributed by atoms with Crippen molar-refractivity contribution in [3.8, 4) is 22.8 Å². The van der Waals surface area contributed by atoms with Gasteiger partial charge in [-0.15, -0.1) is 0 Å². The molecule has 36 heavy (non-hydrogen) atoms. The summed E-state index contributed by atoms with van der Waals surface area (Å²) in [6.07, 6.45) is 6.77. The van der Waals surface area contributed by atoms with E-state index in [1.165, 1.54) is 6.42 Å². The summed E-state index contributed by atoms with van der Waals surface area (Å²) in [6, 6.07) is 6.86. The summed E-state index contributed by atoms with van der Waals surface area (Å²) in [4.78, 5) is 15.4. The fourth-order valence-electron chi connectivity index (χ4n) is 3.62. The molecule has 1 unspecified atom stereocenters. The molecule has 1 aliphatic rings. The Balaban J connectivity index is 0.000000271. The lowest BCUT2D eigenvalue weighted by atomic mass is 9.99. The van der Waals surface area contributed by atoms with Crippen LogP contribution in [0.4, 0.5) is 10.5 Å². The van der Waals surface area contributed by atoms with Crippen LogP contribution in [-0.2, 0) is 11.2 Å². The summed E-state index contributed by atoms with van der Waals surface area (Å²) >= 11 is 0. The van der Waals surface area contributed by atoms with Crippen LogP contribution in [0.2, 0.25) is 0 Å². The molecule has 2 amide bonds. The molecule has 6 N–H and O–H groups in total. The number of amides is 2. The van der Waals surface area contributed by atoms with Crippen LogP contribution in [0.15, 0.2) is 41.9 Å². The molecular weight excluding hydrogens is 462 g/mol. The molecule has 3 rings (SSSR count). The maximum absolute atomic E-state index is 11.3. The molecule has 1 atom stereocenters. The molecule has 10 heteroatoms. The minimum Gasteiger partial charge on any atom is -0.496 e. The van der Waals surface area contributed by atoms with Gasteiger partial charge in [0.25, 0.3) is 0 Å². The Morgan fingerprint density at radius 3 is 2.81 bits per heavy atom. The van der Waals surface area contributed by atoms with Crippen molar-refractivity contribution in [1.82, 2.24) is 10.5 Å². The fraction of sp³-hybridized carbons (Fsp3) is 0.423. The van der Waals surface area contributed by atoms with E-state index in [2.05, 4.69) is 24.1 Å². The first-order chi connectivity index (χ1) is 17.3. The van der Waals surface area contributed by atoms with E-state index in [-0.39, 0.29) is 0 Å². The smallest absolute Gasteiger partial charge is 0.316 e. The predicted octanol–water partition coefficient (Wildman–Crippen LogP) is 4.87. The molecule has 0 saturated carbocycles. The van der Waals surface area contributed by atoms with Gasteiger partial charge in [0.1, 0.15) is 17.2 Å². The van der Waals surface area contributed by atoms with E-state index in [9.17, 15) is 4.79 Å². The SMILES string of the molecule is CCC(C)CCCO/C(C)=C(/C=N)NO.COc1cc(-c2ccc3c(c2NC(N)=O)CCO3)ccn1. The van der Waals surface area contributed by atoms with Gasteiger partial charge in [0, 0.05) is 36.0 Å². The third-order valence-corrected chi connectivity index (χ3v) is 5.88. The zero-order valence-electron chi connectivity index (χ0n) is 21.4. The number of hydrogen-bond acceptors (Lipinski definition) is 8. The number of aromatic nitrogens is 1. The highest BCUT2D eigenvalue weighted by Crippen LogP contribution is 2.39. The third kappa shape index (κ3) is 8.16. The van der Waals surface area contributed by atoms with Crippen LogP contribution in [0.5, 0.6) is 11.6 Å². The van der Waals surface area contributed by atoms with Gasteiger partial charge in [0.2, 0.25) is 5.88 Å². The normalized spacial score (nSPS) is 13.1. The number of carbonyl (C=O) groups excluding carboxylic acids is 1. The molecule has 0 saturated heterocycles. The van der Waals surface area contributed by atoms with Crippen LogP contribution in [-0.4, -0.2) is 42.8 Å². The number of ether oxygens (including phenoxy) is 3. The van der Waals surface area contributed by atoms with Crippen LogP contribution < -0.4 is 26.0 Å². The van der Waals surface area contributed by atoms with Crippen LogP contribution >= 0.6 is 0 Å². The van der Waals surface area contributed by atoms with E-state index in [1.807, 2.05) is 29.7 Å². The van der Waals surface area contributed by atoms with Gasteiger partial charge >= 0.3 is 6.03 Å². The quantitative estimate of drug-likeness (QED) is 0.128. The van der Waals surface area contributed by atoms with Gasteiger partial charge in [-0.25, -0.2) is 9.78 Å². The first kappa shape index (κ1) is 28.4. The number of urea groups is 1. The Bertz CT molecular complexity index is 1060. The van der Waals surface area contributed by atoms with Gasteiger partial charge in [0.15, 0.2) is 0 Å². The number of carbonyl (C=O) groups is 1. The Morgan fingerprint density at radius 1 is 1.39 bits per heavy atom. The second kappa shape index (κ2) is 14.6. The number of nitrogens with one attached hydrogen (secondary N) is 3. The molecule has 2 aromatic rings. The molecule has 10 nitrogen and oxygen atoms in total. The highest BCUT2D eigenvalue weighted by molar-refractivity contribution is 5.96. The van der Waals surface area contributed by atoms with Gasteiger partial charge in [0.05, 0.1) is 26.0 Å². The highest BCUT2D eigenvalue weighted by Gasteiger charge is 2.21. The molecule has 1 aliphatic heterocycles. The van der Waals surface area contributed by atoms with Gasteiger partial charge in [-0.2, -0.15) is 0 Å². The van der Waals surface area contributed by atoms with E-state index in [0.29, 0.717) is 36.2 Å². The molecule has 1 aromatic carbocycles. The molecule has 0 radical (unpaired) electrons. The highest BCUT2D eigenvalue weighted by atomic mass is 16.5. The summed E-state index contributed by atoms with van der Waals surface area (Å²) in [6.45, 7) is 7.37. The van der Waals surface area contributed by atoms with E-state index in [1.54, 1.807) is 20.2 Å². The molecule has 2 heterocycles. The van der Waals surface area contributed by atoms with E-state index in [4.69, 9.17) is 30.6 Å². The van der Waals surface area contributed by atoms with Crippen molar-refractivity contribution in [3.05, 3.63) is 47.5 Å². The second-order valence-corrected chi connectivity index (χ2v) is 8.37. The lowest BCUT2D eigenvalue weighted by Gasteiger charge is -2.14. The third-order valence-electron chi connectivity index (χ3n) is 5.88. The molecule has 0 aliphatic carbocycles. The van der Waals surface area contributed by atoms with Crippen molar-refractivity contribution in [2.24, 2.45) is 11.7 Å². The Morgan fingerprint density at radius 2 is 2.17 bits per heavy atom. The first-order valence-corrected chi connectivity index (χ1v) is 11.9. The van der Waals surface area contributed by atoms with Crippen molar-refractivity contribution < 1.29 is 24.2 Å². The number of nitrogens with two attached hydrogens (primary N) is 1. The number of benzene rings is 1. The van der Waals surface area contributed by atoms with Crippen molar-refractivity contribution in [2.45, 2.75) is 46.5 Å². The van der Waals surface area contributed by atoms with Crippen molar-refractivity contribution in [2.75, 3.05) is 25.6 Å². The molecule has 0 spiro atoms. The van der Waals surface area contributed by atoms with E-state index < -0.39 is 6.03 Å². The van der Waals surface area contributed by atoms with E-state index >= 15 is 0 Å². The number of nitrogens with zero attached hydrogens (tertiary/aromatic N) is 1. The number of anilines is 1. The van der Waals surface area contributed by atoms with Crippen molar-refractivity contribution >= 4 is 17.9 Å². The molecule has 1 aromatic heterocycles. The van der Waals surface area contributed by atoms with Crippen molar-refractivity contribution in [1.29, 1.82) is 5.41 Å². The fourth-order valence-corrected chi connectivity index (χ4v) is 3.62. The average molecular weight is 500 g/mol. The number of hydroxylamine groups is 1. The second-order valence-electron chi connectivity index (χ2n) is 8.37. The van der Waals surface area contributed by atoms with Gasteiger partial charge < -0.3 is 30.7 Å². The summed E-state index contributed by atoms with van der Waals surface area (Å²) in [7, 11) is 1.56. The maximum Gasteiger partial charge on any atom is 0.316 e. The van der Waals surface area contributed by atoms with Crippen LogP contribution in [0.3, 0.4) is 0 Å². The number of methoxy groups -OCH3 is 1. The Kier molecular flexibility index (Phi) is 11.5. The largest absolute Gasteiger partial charge is 0.496 e. The Labute approximate surface area is 212 Å². The number of primary amides is 1. The van der Waals surface area contributed by atoms with E-state index in [0.717, 1.165) is 53.8 Å². The van der Waals surface area contributed by atoms with Crippen molar-refractivity contribution in [3.63, 3.8) is 0 Å². The summed E-state index contributed by atoms with van der Waals surface area (Å²) in [5.41, 5.74) is 10.9. The summed E-state index contributed by atoms with van der Waals surface area (Å²) in [5.74, 6) is 2.57. The zero-order chi connectivity index (χ0) is 26.5. The van der Waals surface area contributed by atoms with Crippen LogP contribution in [0, 0.1) is 11.3 Å². The molecular formula is C26H37N5O5. The van der Waals surface area contributed by atoms with Crippen LogP contribution in [0.1, 0.15) is 45.6 Å². The lowest BCUT2D eigenvalue weighted by Crippen LogP contribution is -2.20. The van der Waals surface area contributed by atoms with Gasteiger partial charge in [-0.1, -0.05) is 20.3 Å². The van der Waals surface area contributed by atoms with Gasteiger partial charge in [-0.05, 0) is 49.4 Å². The number of allylic oxidation sites excluding steroid dienone is 2. The van der Waals surface area contributed by atoms with Gasteiger partial charge in [-0.3, -0.25) is 10.7 Å².